The van der Waals surface area contributed by atoms with Gasteiger partial charge in [0.15, 0.2) is 0 Å². The minimum atomic E-state index is -0.498. The second-order valence-electron chi connectivity index (χ2n) is 6.01. The van der Waals surface area contributed by atoms with E-state index in [9.17, 15) is 9.59 Å². The molecule has 1 fully saturated rings. The molecular formula is C18H21N3O2S. The Balaban J connectivity index is 1.91. The van der Waals surface area contributed by atoms with Crippen molar-refractivity contribution in [1.29, 1.82) is 0 Å². The first-order valence-electron chi connectivity index (χ1n) is 8.11. The average Bonchev–Trinajstić information content (AvgIpc) is 3.02. The lowest BCUT2D eigenvalue weighted by Crippen LogP contribution is -2.30. The Morgan fingerprint density at radius 1 is 1.12 bits per heavy atom. The van der Waals surface area contributed by atoms with E-state index in [-0.39, 0.29) is 5.91 Å². The molecule has 0 radical (unpaired) electrons. The fraction of sp³-hybridized carbons (Fsp3) is 0.333. The number of carbonyl (C=O) groups is 2. The summed E-state index contributed by atoms with van der Waals surface area (Å²) in [6, 6.07) is 9.00. The Labute approximate surface area is 145 Å². The number of rotatable bonds is 4. The molecule has 2 amide bonds. The molecule has 5 nitrogen and oxygen atoms in total. The van der Waals surface area contributed by atoms with Crippen LogP contribution in [-0.2, 0) is 0 Å². The van der Waals surface area contributed by atoms with Crippen LogP contribution in [0, 0.1) is 6.92 Å². The Bertz CT molecular complexity index is 763. The second kappa shape index (κ2) is 7.05. The minimum absolute atomic E-state index is 0.159. The van der Waals surface area contributed by atoms with E-state index in [1.54, 1.807) is 12.1 Å². The third kappa shape index (κ3) is 3.59. The molecule has 6 heteroatoms. The van der Waals surface area contributed by atoms with Crippen LogP contribution in [0.15, 0.2) is 30.3 Å². The highest BCUT2D eigenvalue weighted by Crippen LogP contribution is 2.30. The molecular weight excluding hydrogens is 322 g/mol. The number of nitrogens with two attached hydrogens (primary N) is 1. The maximum atomic E-state index is 12.5. The zero-order valence-corrected chi connectivity index (χ0v) is 14.5. The van der Waals surface area contributed by atoms with Gasteiger partial charge in [-0.2, -0.15) is 0 Å². The van der Waals surface area contributed by atoms with E-state index < -0.39 is 5.91 Å². The SMILES string of the molecule is Cc1ccc(C(=O)Nc2cc(C(N)=O)ccc2N2CCCCC2)s1. The van der Waals surface area contributed by atoms with Gasteiger partial charge in [-0.25, -0.2) is 0 Å². The van der Waals surface area contributed by atoms with Crippen molar-refractivity contribution in [2.75, 3.05) is 23.3 Å². The summed E-state index contributed by atoms with van der Waals surface area (Å²) in [5.74, 6) is -0.657. The van der Waals surface area contributed by atoms with Gasteiger partial charge in [-0.05, 0) is 56.5 Å². The van der Waals surface area contributed by atoms with Crippen LogP contribution < -0.4 is 16.0 Å². The van der Waals surface area contributed by atoms with Crippen molar-refractivity contribution in [3.05, 3.63) is 45.6 Å². The molecule has 3 rings (SSSR count). The molecule has 24 heavy (non-hydrogen) atoms. The molecule has 1 aliphatic heterocycles. The molecule has 0 spiro atoms. The lowest BCUT2D eigenvalue weighted by molar-refractivity contribution is 0.0996. The van der Waals surface area contributed by atoms with Crippen molar-refractivity contribution in [3.8, 4) is 0 Å². The largest absolute Gasteiger partial charge is 0.370 e. The number of anilines is 2. The number of benzene rings is 1. The highest BCUT2D eigenvalue weighted by Gasteiger charge is 2.18. The van der Waals surface area contributed by atoms with E-state index in [1.807, 2.05) is 25.1 Å². The Morgan fingerprint density at radius 2 is 1.88 bits per heavy atom. The van der Waals surface area contributed by atoms with Gasteiger partial charge in [-0.3, -0.25) is 9.59 Å². The van der Waals surface area contributed by atoms with Crippen LogP contribution >= 0.6 is 11.3 Å². The number of primary amides is 1. The molecule has 1 saturated heterocycles. The molecule has 0 aliphatic carbocycles. The Kier molecular flexibility index (Phi) is 4.85. The number of nitrogens with zero attached hydrogens (tertiary/aromatic N) is 1. The first kappa shape index (κ1) is 16.5. The number of amides is 2. The third-order valence-corrected chi connectivity index (χ3v) is 5.19. The molecule has 2 heterocycles. The molecule has 1 aromatic heterocycles. The molecule has 0 bridgehead atoms. The fourth-order valence-corrected chi connectivity index (χ4v) is 3.70. The summed E-state index contributed by atoms with van der Waals surface area (Å²) < 4.78 is 0. The highest BCUT2D eigenvalue weighted by atomic mass is 32.1. The lowest BCUT2D eigenvalue weighted by atomic mass is 10.1. The predicted octanol–water partition coefficient (Wildman–Crippen LogP) is 3.40. The van der Waals surface area contributed by atoms with Crippen molar-refractivity contribution in [1.82, 2.24) is 0 Å². The van der Waals surface area contributed by atoms with Gasteiger partial charge < -0.3 is 16.0 Å². The molecule has 1 aliphatic rings. The summed E-state index contributed by atoms with van der Waals surface area (Å²) in [5, 5.41) is 2.95. The van der Waals surface area contributed by atoms with Crippen molar-refractivity contribution >= 4 is 34.5 Å². The minimum Gasteiger partial charge on any atom is -0.370 e. The van der Waals surface area contributed by atoms with E-state index in [0.717, 1.165) is 36.5 Å². The second-order valence-corrected chi connectivity index (χ2v) is 7.30. The number of piperidine rings is 1. The van der Waals surface area contributed by atoms with Crippen LogP contribution in [0.3, 0.4) is 0 Å². The van der Waals surface area contributed by atoms with E-state index in [0.29, 0.717) is 16.1 Å². The van der Waals surface area contributed by atoms with Crippen LogP contribution in [-0.4, -0.2) is 24.9 Å². The first-order valence-corrected chi connectivity index (χ1v) is 8.93. The topological polar surface area (TPSA) is 75.4 Å². The molecule has 0 saturated carbocycles. The van der Waals surface area contributed by atoms with Crippen LogP contribution in [0.25, 0.3) is 0 Å². The zero-order chi connectivity index (χ0) is 17.1. The molecule has 1 aromatic carbocycles. The van der Waals surface area contributed by atoms with Gasteiger partial charge in [0.25, 0.3) is 5.91 Å². The van der Waals surface area contributed by atoms with Gasteiger partial charge in [0.05, 0.1) is 16.3 Å². The number of nitrogens with one attached hydrogen (secondary N) is 1. The van der Waals surface area contributed by atoms with Gasteiger partial charge in [0, 0.05) is 23.5 Å². The lowest BCUT2D eigenvalue weighted by Gasteiger charge is -2.30. The standard InChI is InChI=1S/C18H21N3O2S/c1-12-5-8-16(24-12)18(23)20-14-11-13(17(19)22)6-7-15(14)21-9-3-2-4-10-21/h5-8,11H,2-4,9-10H2,1H3,(H2,19,22)(H,20,23). The van der Waals surface area contributed by atoms with Gasteiger partial charge in [0.1, 0.15) is 0 Å². The predicted molar refractivity (Wildman–Crippen MR) is 98.0 cm³/mol. The van der Waals surface area contributed by atoms with Gasteiger partial charge in [0.2, 0.25) is 5.91 Å². The summed E-state index contributed by atoms with van der Waals surface area (Å²) in [4.78, 5) is 28.0. The number of carbonyl (C=O) groups excluding carboxylic acids is 2. The highest BCUT2D eigenvalue weighted by molar-refractivity contribution is 7.14. The van der Waals surface area contributed by atoms with E-state index in [1.165, 1.54) is 17.8 Å². The van der Waals surface area contributed by atoms with Gasteiger partial charge >= 0.3 is 0 Å². The van der Waals surface area contributed by atoms with Crippen molar-refractivity contribution in [3.63, 3.8) is 0 Å². The molecule has 126 valence electrons. The maximum absolute atomic E-state index is 12.5. The number of aryl methyl sites for hydroxylation is 1. The number of hydrogen-bond donors (Lipinski definition) is 2. The molecule has 2 aromatic rings. The summed E-state index contributed by atoms with van der Waals surface area (Å²) >= 11 is 1.45. The normalized spacial score (nSPS) is 14.5. The Morgan fingerprint density at radius 3 is 2.50 bits per heavy atom. The quantitative estimate of drug-likeness (QED) is 0.893. The monoisotopic (exact) mass is 343 g/mol. The number of hydrogen-bond acceptors (Lipinski definition) is 4. The summed E-state index contributed by atoms with van der Waals surface area (Å²) in [5.41, 5.74) is 7.38. The van der Waals surface area contributed by atoms with Crippen LogP contribution in [0.1, 0.15) is 44.2 Å². The van der Waals surface area contributed by atoms with Crippen LogP contribution in [0.2, 0.25) is 0 Å². The average molecular weight is 343 g/mol. The van der Waals surface area contributed by atoms with Gasteiger partial charge in [-0.15, -0.1) is 11.3 Å². The van der Waals surface area contributed by atoms with Gasteiger partial charge in [-0.1, -0.05) is 0 Å². The fourth-order valence-electron chi connectivity index (χ4n) is 2.94. The molecule has 3 N–H and O–H groups in total. The summed E-state index contributed by atoms with van der Waals surface area (Å²) in [6.07, 6.45) is 3.50. The zero-order valence-electron chi connectivity index (χ0n) is 13.7. The van der Waals surface area contributed by atoms with Crippen molar-refractivity contribution in [2.24, 2.45) is 5.73 Å². The number of thiophene rings is 1. The van der Waals surface area contributed by atoms with Crippen LogP contribution in [0.4, 0.5) is 11.4 Å². The third-order valence-electron chi connectivity index (χ3n) is 4.19. The van der Waals surface area contributed by atoms with Crippen molar-refractivity contribution in [2.45, 2.75) is 26.2 Å². The maximum Gasteiger partial charge on any atom is 0.265 e. The Hall–Kier alpha value is -2.34. The molecule has 0 unspecified atom stereocenters. The van der Waals surface area contributed by atoms with E-state index in [4.69, 9.17) is 5.73 Å². The van der Waals surface area contributed by atoms with Crippen molar-refractivity contribution < 1.29 is 9.59 Å². The first-order chi connectivity index (χ1) is 11.5. The van der Waals surface area contributed by atoms with E-state index in [2.05, 4.69) is 10.2 Å². The summed E-state index contributed by atoms with van der Waals surface area (Å²) in [6.45, 7) is 3.88. The summed E-state index contributed by atoms with van der Waals surface area (Å²) in [7, 11) is 0. The molecule has 0 atom stereocenters. The van der Waals surface area contributed by atoms with Crippen LogP contribution in [0.5, 0.6) is 0 Å². The van der Waals surface area contributed by atoms with E-state index >= 15 is 0 Å². The smallest absolute Gasteiger partial charge is 0.265 e.